The van der Waals surface area contributed by atoms with Gasteiger partial charge in [-0.05, 0) is 57.2 Å². The normalized spacial score (nSPS) is 26.3. The number of piperidine rings is 1. The van der Waals surface area contributed by atoms with Gasteiger partial charge in [-0.25, -0.2) is 4.79 Å². The fourth-order valence-corrected chi connectivity index (χ4v) is 4.41. The Morgan fingerprint density at radius 2 is 1.83 bits per heavy atom. The van der Waals surface area contributed by atoms with E-state index in [1.54, 1.807) is 0 Å². The van der Waals surface area contributed by atoms with Gasteiger partial charge in [0, 0.05) is 31.1 Å². The molecule has 2 amide bonds. The van der Waals surface area contributed by atoms with E-state index >= 15 is 0 Å². The topological polar surface area (TPSA) is 35.6 Å². The lowest BCUT2D eigenvalue weighted by atomic mass is 9.96. The van der Waals surface area contributed by atoms with Gasteiger partial charge in [-0.3, -0.25) is 4.90 Å². The molecule has 4 nitrogen and oxygen atoms in total. The first-order valence-corrected chi connectivity index (χ1v) is 9.59. The summed E-state index contributed by atoms with van der Waals surface area (Å²) in [5, 5.41) is 3.23. The van der Waals surface area contributed by atoms with Gasteiger partial charge in [0.25, 0.3) is 0 Å². The number of hydrogen-bond acceptors (Lipinski definition) is 2. The van der Waals surface area contributed by atoms with Crippen LogP contribution in [0.4, 0.5) is 4.79 Å². The van der Waals surface area contributed by atoms with Gasteiger partial charge in [-0.2, -0.15) is 0 Å². The van der Waals surface area contributed by atoms with E-state index in [0.717, 1.165) is 26.1 Å². The van der Waals surface area contributed by atoms with Gasteiger partial charge in [0.1, 0.15) is 0 Å². The summed E-state index contributed by atoms with van der Waals surface area (Å²) in [6, 6.07) is 11.4. The molecule has 1 N–H and O–H groups in total. The lowest BCUT2D eigenvalue weighted by molar-refractivity contribution is 0.125. The summed E-state index contributed by atoms with van der Waals surface area (Å²) in [5.41, 5.74) is 1.57. The smallest absolute Gasteiger partial charge is 0.317 e. The molecule has 0 unspecified atom stereocenters. The van der Waals surface area contributed by atoms with E-state index in [-0.39, 0.29) is 11.4 Å². The minimum absolute atomic E-state index is 0.140. The molecule has 0 bridgehead atoms. The standard InChI is InChI=1S/C20H29N3O/c24-19(21-16-20(10-11-20)17-7-2-1-3-8-17)23-14-6-9-18(15-23)22-12-4-5-13-22/h1-3,7-8,18H,4-6,9-16H2,(H,21,24)/t18-/m0/s1. The predicted octanol–water partition coefficient (Wildman–Crippen LogP) is 2.99. The number of hydrogen-bond donors (Lipinski definition) is 1. The molecule has 4 rings (SSSR count). The molecule has 4 heteroatoms. The third-order valence-electron chi connectivity index (χ3n) is 6.16. The molecule has 1 atom stereocenters. The molecule has 130 valence electrons. The number of benzene rings is 1. The van der Waals surface area contributed by atoms with Gasteiger partial charge < -0.3 is 10.2 Å². The Kier molecular flexibility index (Phi) is 4.49. The Morgan fingerprint density at radius 3 is 2.54 bits per heavy atom. The monoisotopic (exact) mass is 327 g/mol. The van der Waals surface area contributed by atoms with Gasteiger partial charge in [0.15, 0.2) is 0 Å². The van der Waals surface area contributed by atoms with Crippen LogP contribution in [-0.4, -0.2) is 54.6 Å². The molecule has 1 aromatic carbocycles. The maximum atomic E-state index is 12.7. The second kappa shape index (κ2) is 6.75. The van der Waals surface area contributed by atoms with Crippen LogP contribution in [0, 0.1) is 0 Å². The first kappa shape index (κ1) is 15.9. The molecule has 1 aromatic rings. The van der Waals surface area contributed by atoms with Crippen molar-refractivity contribution >= 4 is 6.03 Å². The number of nitrogens with zero attached hydrogens (tertiary/aromatic N) is 2. The molecule has 2 saturated heterocycles. The Bertz CT molecular complexity index is 564. The molecule has 0 spiro atoms. The van der Waals surface area contributed by atoms with E-state index in [1.165, 1.54) is 50.8 Å². The minimum atomic E-state index is 0.140. The van der Waals surface area contributed by atoms with Crippen LogP contribution in [0.15, 0.2) is 30.3 Å². The van der Waals surface area contributed by atoms with Crippen molar-refractivity contribution in [3.63, 3.8) is 0 Å². The molecule has 2 aliphatic heterocycles. The van der Waals surface area contributed by atoms with Crippen molar-refractivity contribution in [2.24, 2.45) is 0 Å². The zero-order valence-electron chi connectivity index (χ0n) is 14.5. The highest BCUT2D eigenvalue weighted by atomic mass is 16.2. The second-order valence-electron chi connectivity index (χ2n) is 7.79. The van der Waals surface area contributed by atoms with E-state index in [9.17, 15) is 4.79 Å². The number of rotatable bonds is 4. The molecule has 0 aromatic heterocycles. The van der Waals surface area contributed by atoms with Crippen LogP contribution in [-0.2, 0) is 5.41 Å². The third kappa shape index (κ3) is 3.30. The first-order chi connectivity index (χ1) is 11.8. The molecular formula is C20H29N3O. The molecule has 1 aliphatic carbocycles. The van der Waals surface area contributed by atoms with Crippen LogP contribution in [0.3, 0.4) is 0 Å². The molecular weight excluding hydrogens is 298 g/mol. The number of urea groups is 1. The minimum Gasteiger partial charge on any atom is -0.337 e. The molecule has 1 saturated carbocycles. The van der Waals surface area contributed by atoms with Crippen LogP contribution in [0.2, 0.25) is 0 Å². The Morgan fingerprint density at radius 1 is 1.08 bits per heavy atom. The molecule has 0 radical (unpaired) electrons. The maximum Gasteiger partial charge on any atom is 0.317 e. The fraction of sp³-hybridized carbons (Fsp3) is 0.650. The molecule has 24 heavy (non-hydrogen) atoms. The van der Waals surface area contributed by atoms with Crippen LogP contribution in [0.25, 0.3) is 0 Å². The number of likely N-dealkylation sites (tertiary alicyclic amines) is 2. The van der Waals surface area contributed by atoms with Gasteiger partial charge in [-0.15, -0.1) is 0 Å². The average molecular weight is 327 g/mol. The number of carbonyl (C=O) groups is 1. The zero-order chi connectivity index (χ0) is 16.4. The Balaban J connectivity index is 1.31. The Labute approximate surface area is 145 Å². The van der Waals surface area contributed by atoms with E-state index in [1.807, 2.05) is 4.90 Å². The van der Waals surface area contributed by atoms with E-state index < -0.39 is 0 Å². The molecule has 3 fully saturated rings. The SMILES string of the molecule is O=C(NCC1(c2ccccc2)CC1)N1CCC[C@H](N2CCCC2)C1. The highest BCUT2D eigenvalue weighted by Gasteiger charge is 2.44. The number of nitrogens with one attached hydrogen (secondary N) is 1. The summed E-state index contributed by atoms with van der Waals surface area (Å²) in [6.45, 7) is 5.04. The number of carbonyl (C=O) groups excluding carboxylic acids is 1. The summed E-state index contributed by atoms with van der Waals surface area (Å²) in [4.78, 5) is 17.3. The van der Waals surface area contributed by atoms with Crippen molar-refractivity contribution < 1.29 is 4.79 Å². The molecule has 2 heterocycles. The zero-order valence-corrected chi connectivity index (χ0v) is 14.5. The second-order valence-corrected chi connectivity index (χ2v) is 7.79. The number of amides is 2. The highest BCUT2D eigenvalue weighted by molar-refractivity contribution is 5.74. The van der Waals surface area contributed by atoms with Crippen molar-refractivity contribution in [3.05, 3.63) is 35.9 Å². The summed E-state index contributed by atoms with van der Waals surface area (Å²) < 4.78 is 0. The van der Waals surface area contributed by atoms with Crippen LogP contribution < -0.4 is 5.32 Å². The lowest BCUT2D eigenvalue weighted by Gasteiger charge is -2.37. The van der Waals surface area contributed by atoms with Crippen molar-refractivity contribution in [1.82, 2.24) is 15.1 Å². The van der Waals surface area contributed by atoms with E-state index in [0.29, 0.717) is 6.04 Å². The summed E-state index contributed by atoms with van der Waals surface area (Å²) in [6.07, 6.45) is 7.40. The average Bonchev–Trinajstić information content (AvgIpc) is 3.24. The summed E-state index contributed by atoms with van der Waals surface area (Å²) in [7, 11) is 0. The quantitative estimate of drug-likeness (QED) is 0.923. The maximum absolute atomic E-state index is 12.7. The van der Waals surface area contributed by atoms with E-state index in [4.69, 9.17) is 0 Å². The molecule has 3 aliphatic rings. The van der Waals surface area contributed by atoms with Crippen molar-refractivity contribution in [2.75, 3.05) is 32.7 Å². The Hall–Kier alpha value is -1.55. The van der Waals surface area contributed by atoms with Gasteiger partial charge in [-0.1, -0.05) is 30.3 Å². The van der Waals surface area contributed by atoms with Crippen molar-refractivity contribution in [3.8, 4) is 0 Å². The van der Waals surface area contributed by atoms with Gasteiger partial charge in [0.05, 0.1) is 0 Å². The fourth-order valence-electron chi connectivity index (χ4n) is 4.41. The largest absolute Gasteiger partial charge is 0.337 e. The van der Waals surface area contributed by atoms with Crippen LogP contribution in [0.5, 0.6) is 0 Å². The van der Waals surface area contributed by atoms with Crippen LogP contribution >= 0.6 is 0 Å². The van der Waals surface area contributed by atoms with Crippen molar-refractivity contribution in [1.29, 1.82) is 0 Å². The van der Waals surface area contributed by atoms with E-state index in [2.05, 4.69) is 40.5 Å². The predicted molar refractivity (Wildman–Crippen MR) is 96.2 cm³/mol. The first-order valence-electron chi connectivity index (χ1n) is 9.59. The van der Waals surface area contributed by atoms with Gasteiger partial charge >= 0.3 is 6.03 Å². The van der Waals surface area contributed by atoms with Crippen LogP contribution in [0.1, 0.15) is 44.1 Å². The van der Waals surface area contributed by atoms with Crippen molar-refractivity contribution in [2.45, 2.75) is 50.0 Å². The third-order valence-corrected chi connectivity index (χ3v) is 6.16. The lowest BCUT2D eigenvalue weighted by Crippen LogP contribution is -2.52. The highest BCUT2D eigenvalue weighted by Crippen LogP contribution is 2.47. The summed E-state index contributed by atoms with van der Waals surface area (Å²) in [5.74, 6) is 0. The summed E-state index contributed by atoms with van der Waals surface area (Å²) >= 11 is 0. The van der Waals surface area contributed by atoms with Gasteiger partial charge in [0.2, 0.25) is 0 Å².